The summed E-state index contributed by atoms with van der Waals surface area (Å²) in [5.41, 5.74) is 2.49. The van der Waals surface area contributed by atoms with Gasteiger partial charge in [0, 0.05) is 6.54 Å². The fourth-order valence-electron chi connectivity index (χ4n) is 2.91. The van der Waals surface area contributed by atoms with Crippen molar-refractivity contribution in [3.63, 3.8) is 0 Å². The van der Waals surface area contributed by atoms with E-state index >= 15 is 0 Å². The summed E-state index contributed by atoms with van der Waals surface area (Å²) in [6, 6.07) is 8.35. The molecule has 0 aliphatic carbocycles. The van der Waals surface area contributed by atoms with Gasteiger partial charge >= 0.3 is 0 Å². The Kier molecular flexibility index (Phi) is 4.43. The van der Waals surface area contributed by atoms with Gasteiger partial charge in [-0.3, -0.25) is 10.1 Å². The molecule has 1 aliphatic heterocycles. The van der Waals surface area contributed by atoms with Crippen molar-refractivity contribution < 1.29 is 4.79 Å². The Bertz CT molecular complexity index is 516. The van der Waals surface area contributed by atoms with Gasteiger partial charge in [0.25, 0.3) is 0 Å². The van der Waals surface area contributed by atoms with Gasteiger partial charge in [0.05, 0.1) is 6.04 Å². The molecule has 0 bridgehead atoms. The molecule has 3 nitrogen and oxygen atoms in total. The normalized spacial score (nSPS) is 23.2. The van der Waals surface area contributed by atoms with Gasteiger partial charge in [-0.1, -0.05) is 64.4 Å². The molecule has 1 aromatic rings. The topological polar surface area (TPSA) is 32.3 Å². The van der Waals surface area contributed by atoms with Crippen molar-refractivity contribution >= 4 is 5.91 Å². The molecule has 1 amide bonds. The summed E-state index contributed by atoms with van der Waals surface area (Å²) in [6.07, 6.45) is -0.0102. The van der Waals surface area contributed by atoms with E-state index in [0.29, 0.717) is 5.92 Å². The minimum atomic E-state index is -0.0853. The summed E-state index contributed by atoms with van der Waals surface area (Å²) < 4.78 is 0. The zero-order chi connectivity index (χ0) is 15.8. The van der Waals surface area contributed by atoms with Crippen molar-refractivity contribution in [1.29, 1.82) is 0 Å². The quantitative estimate of drug-likeness (QED) is 0.923. The molecule has 0 saturated carbocycles. The summed E-state index contributed by atoms with van der Waals surface area (Å²) in [5.74, 6) is 0.529. The first-order chi connectivity index (χ1) is 9.69. The fraction of sp³-hybridized carbons (Fsp3) is 0.611. The van der Waals surface area contributed by atoms with Gasteiger partial charge in [-0.25, -0.2) is 0 Å². The van der Waals surface area contributed by atoms with Crippen LogP contribution in [-0.2, 0) is 4.79 Å². The Morgan fingerprint density at radius 2 is 1.95 bits per heavy atom. The molecule has 2 atom stereocenters. The van der Waals surface area contributed by atoms with Crippen LogP contribution in [0.1, 0.15) is 51.9 Å². The minimum Gasteiger partial charge on any atom is -0.321 e. The largest absolute Gasteiger partial charge is 0.321 e. The molecule has 1 heterocycles. The Hall–Kier alpha value is -1.35. The van der Waals surface area contributed by atoms with Gasteiger partial charge in [-0.2, -0.15) is 0 Å². The van der Waals surface area contributed by atoms with E-state index in [1.54, 1.807) is 0 Å². The number of rotatable bonds is 3. The van der Waals surface area contributed by atoms with Gasteiger partial charge in [0.2, 0.25) is 5.91 Å². The van der Waals surface area contributed by atoms with Crippen molar-refractivity contribution in [3.05, 3.63) is 35.4 Å². The lowest BCUT2D eigenvalue weighted by Crippen LogP contribution is -2.38. The average molecular weight is 288 g/mol. The monoisotopic (exact) mass is 288 g/mol. The van der Waals surface area contributed by atoms with E-state index in [9.17, 15) is 4.79 Å². The second-order valence-corrected chi connectivity index (χ2v) is 7.73. The predicted octanol–water partition coefficient (Wildman–Crippen LogP) is 3.50. The third-order valence-corrected chi connectivity index (χ3v) is 3.87. The first-order valence-corrected chi connectivity index (χ1v) is 7.82. The van der Waals surface area contributed by atoms with E-state index in [1.807, 2.05) is 4.90 Å². The van der Waals surface area contributed by atoms with Gasteiger partial charge in [-0.15, -0.1) is 0 Å². The maximum Gasteiger partial charge on any atom is 0.241 e. The van der Waals surface area contributed by atoms with Crippen molar-refractivity contribution in [2.45, 2.75) is 53.8 Å². The number of nitrogens with zero attached hydrogens (tertiary/aromatic N) is 1. The highest BCUT2D eigenvalue weighted by Crippen LogP contribution is 2.31. The van der Waals surface area contributed by atoms with Crippen molar-refractivity contribution in [1.82, 2.24) is 10.2 Å². The average Bonchev–Trinajstić information content (AvgIpc) is 2.65. The molecule has 2 rings (SSSR count). The van der Waals surface area contributed by atoms with Crippen LogP contribution in [0.15, 0.2) is 24.3 Å². The smallest absolute Gasteiger partial charge is 0.241 e. The highest BCUT2D eigenvalue weighted by Gasteiger charge is 2.42. The molecule has 1 fully saturated rings. The van der Waals surface area contributed by atoms with Crippen LogP contribution in [0.5, 0.6) is 0 Å². The fourth-order valence-corrected chi connectivity index (χ4v) is 2.91. The highest BCUT2D eigenvalue weighted by molar-refractivity contribution is 5.85. The maximum atomic E-state index is 12.8. The number of hydrogen-bond donors (Lipinski definition) is 1. The van der Waals surface area contributed by atoms with Crippen LogP contribution < -0.4 is 5.32 Å². The molecule has 1 aromatic carbocycles. The second-order valence-electron chi connectivity index (χ2n) is 7.73. The van der Waals surface area contributed by atoms with Crippen LogP contribution in [0.25, 0.3) is 0 Å². The first kappa shape index (κ1) is 16.0. The van der Waals surface area contributed by atoms with Crippen molar-refractivity contribution in [3.8, 4) is 0 Å². The molecule has 3 heteroatoms. The molecule has 21 heavy (non-hydrogen) atoms. The molecule has 0 radical (unpaired) electrons. The number of carbonyl (C=O) groups excluding carboxylic acids is 1. The van der Waals surface area contributed by atoms with E-state index in [4.69, 9.17) is 0 Å². The molecule has 116 valence electrons. The number of benzene rings is 1. The molecule has 0 spiro atoms. The van der Waals surface area contributed by atoms with Crippen LogP contribution in [0.2, 0.25) is 0 Å². The Labute approximate surface area is 128 Å². The van der Waals surface area contributed by atoms with E-state index < -0.39 is 0 Å². The van der Waals surface area contributed by atoms with E-state index in [-0.39, 0.29) is 23.5 Å². The number of carbonyl (C=O) groups is 1. The third kappa shape index (κ3) is 3.65. The number of aryl methyl sites for hydroxylation is 1. The zero-order valence-electron chi connectivity index (χ0n) is 14.1. The number of amides is 1. The van der Waals surface area contributed by atoms with Crippen LogP contribution in [0.4, 0.5) is 0 Å². The van der Waals surface area contributed by atoms with Gasteiger partial charge in [-0.05, 0) is 23.8 Å². The predicted molar refractivity (Wildman–Crippen MR) is 86.8 cm³/mol. The molecular weight excluding hydrogens is 260 g/mol. The van der Waals surface area contributed by atoms with Crippen LogP contribution in [0.3, 0.4) is 0 Å². The van der Waals surface area contributed by atoms with Crippen LogP contribution in [-0.4, -0.2) is 23.4 Å². The van der Waals surface area contributed by atoms with Crippen LogP contribution in [0, 0.1) is 18.3 Å². The first-order valence-electron chi connectivity index (χ1n) is 7.82. The van der Waals surface area contributed by atoms with E-state index in [0.717, 1.165) is 6.54 Å². The van der Waals surface area contributed by atoms with Crippen molar-refractivity contribution in [2.75, 3.05) is 6.54 Å². The molecule has 2 unspecified atom stereocenters. The Balaban J connectivity index is 2.34. The zero-order valence-corrected chi connectivity index (χ0v) is 14.1. The van der Waals surface area contributed by atoms with Crippen LogP contribution >= 0.6 is 0 Å². The maximum absolute atomic E-state index is 12.8. The summed E-state index contributed by atoms with van der Waals surface area (Å²) in [7, 11) is 0. The SMILES string of the molecule is Cc1cccc(C2NC(C(C)C)C(=O)N2CC(C)(C)C)c1. The number of nitrogens with one attached hydrogen (secondary N) is 1. The van der Waals surface area contributed by atoms with E-state index in [2.05, 4.69) is 71.1 Å². The molecular formula is C18H28N2O. The summed E-state index contributed by atoms with van der Waals surface area (Å²) in [5, 5.41) is 3.53. The third-order valence-electron chi connectivity index (χ3n) is 3.87. The molecule has 0 aromatic heterocycles. The van der Waals surface area contributed by atoms with Crippen molar-refractivity contribution in [2.24, 2.45) is 11.3 Å². The Morgan fingerprint density at radius 3 is 2.48 bits per heavy atom. The number of hydrogen-bond acceptors (Lipinski definition) is 2. The summed E-state index contributed by atoms with van der Waals surface area (Å²) in [4.78, 5) is 14.8. The second kappa shape index (κ2) is 5.80. The van der Waals surface area contributed by atoms with Gasteiger partial charge in [0.15, 0.2) is 0 Å². The summed E-state index contributed by atoms with van der Waals surface area (Å²) in [6.45, 7) is 13.6. The lowest BCUT2D eigenvalue weighted by molar-refractivity contribution is -0.132. The Morgan fingerprint density at radius 1 is 1.29 bits per heavy atom. The summed E-state index contributed by atoms with van der Waals surface area (Å²) >= 11 is 0. The van der Waals surface area contributed by atoms with Gasteiger partial charge < -0.3 is 4.90 Å². The molecule has 1 N–H and O–H groups in total. The standard InChI is InChI=1S/C18H28N2O/c1-12(2)15-17(21)20(11-18(4,5)6)16(19-15)14-9-7-8-13(3)10-14/h7-10,12,15-16,19H,11H2,1-6H3. The van der Waals surface area contributed by atoms with Gasteiger partial charge in [0.1, 0.15) is 6.17 Å². The van der Waals surface area contributed by atoms with E-state index in [1.165, 1.54) is 11.1 Å². The molecule has 1 aliphatic rings. The lowest BCUT2D eigenvalue weighted by atomic mass is 9.95. The minimum absolute atomic E-state index is 0.0102. The lowest BCUT2D eigenvalue weighted by Gasteiger charge is -2.31. The highest BCUT2D eigenvalue weighted by atomic mass is 16.2. The molecule has 1 saturated heterocycles.